The maximum atomic E-state index is 2.38. The monoisotopic (exact) mass is 260 g/mol. The Bertz CT molecular complexity index is 757. The normalized spacial score (nSPS) is 19.1. The second-order valence-corrected chi connectivity index (χ2v) is 5.49. The molecule has 2 aliphatic carbocycles. The number of hydrogen-bond donors (Lipinski definition) is 0. The molecule has 100 valence electrons. The van der Waals surface area contributed by atoms with E-state index in [0.717, 1.165) is 6.42 Å². The molecule has 0 aromatic heterocycles. The van der Waals surface area contributed by atoms with E-state index in [-0.39, 0.29) is 7.43 Å². The summed E-state index contributed by atoms with van der Waals surface area (Å²) in [5.41, 5.74) is 5.65. The molecule has 1 atom stereocenters. The van der Waals surface area contributed by atoms with E-state index < -0.39 is 0 Å². The molecule has 0 saturated heterocycles. The third kappa shape index (κ3) is 1.84. The zero-order chi connectivity index (χ0) is 12.8. The second kappa shape index (κ2) is 4.79. The summed E-state index contributed by atoms with van der Waals surface area (Å²) in [7, 11) is 0. The van der Waals surface area contributed by atoms with Gasteiger partial charge in [0.2, 0.25) is 0 Å². The Balaban J connectivity index is 0.00000121. The number of rotatable bonds is 0. The molecule has 0 spiro atoms. The highest BCUT2D eigenvalue weighted by atomic mass is 14.2. The number of hydrogen-bond acceptors (Lipinski definition) is 0. The van der Waals surface area contributed by atoms with Crippen LogP contribution in [0.4, 0.5) is 0 Å². The van der Waals surface area contributed by atoms with Crippen LogP contribution in [0.2, 0.25) is 0 Å². The molecule has 2 aliphatic rings. The van der Waals surface area contributed by atoms with E-state index in [2.05, 4.69) is 67.6 Å². The maximum Gasteiger partial charge on any atom is 0.0216 e. The summed E-state index contributed by atoms with van der Waals surface area (Å²) in [5, 5.41) is 2.83. The molecule has 1 unspecified atom stereocenters. The first-order chi connectivity index (χ1) is 9.33. The molecule has 0 radical (unpaired) electrons. The van der Waals surface area contributed by atoms with Crippen LogP contribution in [0.25, 0.3) is 16.8 Å². The Morgan fingerprint density at radius 2 is 1.95 bits per heavy atom. The molecule has 4 rings (SSSR count). The van der Waals surface area contributed by atoms with Crippen molar-refractivity contribution >= 4 is 16.8 Å². The predicted octanol–water partition coefficient (Wildman–Crippen LogP) is 5.64. The molecule has 2 aromatic carbocycles. The minimum Gasteiger partial charge on any atom is -0.0832 e. The summed E-state index contributed by atoms with van der Waals surface area (Å²) in [6, 6.07) is 11.2. The summed E-state index contributed by atoms with van der Waals surface area (Å²) in [5.74, 6) is 0.414. The summed E-state index contributed by atoms with van der Waals surface area (Å²) < 4.78 is 0. The molecule has 0 heterocycles. The summed E-state index contributed by atoms with van der Waals surface area (Å²) in [4.78, 5) is 0. The van der Waals surface area contributed by atoms with E-state index >= 15 is 0 Å². The molecule has 0 heteroatoms. The van der Waals surface area contributed by atoms with Crippen LogP contribution in [0.3, 0.4) is 0 Å². The predicted molar refractivity (Wildman–Crippen MR) is 89.1 cm³/mol. The Morgan fingerprint density at radius 1 is 1.05 bits per heavy atom. The van der Waals surface area contributed by atoms with Gasteiger partial charge in [0.25, 0.3) is 0 Å². The second-order valence-electron chi connectivity index (χ2n) is 5.49. The third-order valence-corrected chi connectivity index (χ3v) is 4.19. The smallest absolute Gasteiger partial charge is 0.0216 e. The minimum absolute atomic E-state index is 0. The van der Waals surface area contributed by atoms with E-state index in [0.29, 0.717) is 5.92 Å². The number of allylic oxidation sites excluding steroid dienone is 5. The first-order valence-electron chi connectivity index (χ1n) is 6.90. The minimum atomic E-state index is 0. The maximum absolute atomic E-state index is 2.38. The largest absolute Gasteiger partial charge is 0.0832 e. The van der Waals surface area contributed by atoms with Crippen molar-refractivity contribution in [1.29, 1.82) is 0 Å². The molecule has 0 fully saturated rings. The molecule has 0 saturated carbocycles. The molecule has 0 N–H and O–H groups in total. The molecule has 0 nitrogen and oxygen atoms in total. The van der Waals surface area contributed by atoms with Gasteiger partial charge in [-0.1, -0.05) is 73.7 Å². The van der Waals surface area contributed by atoms with Crippen LogP contribution in [-0.2, 0) is 6.42 Å². The van der Waals surface area contributed by atoms with Gasteiger partial charge in [0.05, 0.1) is 0 Å². The van der Waals surface area contributed by atoms with Crippen molar-refractivity contribution in [2.45, 2.75) is 26.7 Å². The first-order valence-corrected chi connectivity index (χ1v) is 6.90. The Labute approximate surface area is 121 Å². The van der Waals surface area contributed by atoms with Crippen LogP contribution in [0.5, 0.6) is 0 Å². The zero-order valence-electron chi connectivity index (χ0n) is 11.1. The van der Waals surface area contributed by atoms with Gasteiger partial charge in [0, 0.05) is 5.92 Å². The average molecular weight is 260 g/mol. The fourth-order valence-electron chi connectivity index (χ4n) is 3.31. The lowest BCUT2D eigenvalue weighted by atomic mass is 9.88. The van der Waals surface area contributed by atoms with Crippen molar-refractivity contribution < 1.29 is 0 Å². The summed E-state index contributed by atoms with van der Waals surface area (Å²) in [6.45, 7) is 2.18. The topological polar surface area (TPSA) is 0 Å². The van der Waals surface area contributed by atoms with E-state index in [9.17, 15) is 0 Å². The van der Waals surface area contributed by atoms with Crippen molar-refractivity contribution in [1.82, 2.24) is 0 Å². The van der Waals surface area contributed by atoms with Crippen LogP contribution in [0.15, 0.2) is 60.2 Å². The molecule has 0 aliphatic heterocycles. The van der Waals surface area contributed by atoms with E-state index in [4.69, 9.17) is 0 Å². The van der Waals surface area contributed by atoms with Gasteiger partial charge in [-0.25, -0.2) is 0 Å². The lowest BCUT2D eigenvalue weighted by molar-refractivity contribution is 1.09. The molecule has 0 amide bonds. The molecule has 20 heavy (non-hydrogen) atoms. The van der Waals surface area contributed by atoms with Crippen LogP contribution < -0.4 is 0 Å². The summed E-state index contributed by atoms with van der Waals surface area (Å²) in [6.07, 6.45) is 12.6. The molecule has 0 bridgehead atoms. The standard InChI is InChI=1S/C19H16.CH4/c1-13-8-9-16-11-10-15-6-2-4-14-5-3-7-17(12-13)19(16)18(14)15;/h2-4,6-12,17H,5H2,1H3;1H4. The molecular formula is C20H20. The van der Waals surface area contributed by atoms with Crippen molar-refractivity contribution in [3.63, 3.8) is 0 Å². The van der Waals surface area contributed by atoms with Crippen molar-refractivity contribution in [3.05, 3.63) is 76.9 Å². The van der Waals surface area contributed by atoms with Crippen LogP contribution >= 0.6 is 0 Å². The fourth-order valence-corrected chi connectivity index (χ4v) is 3.31. The van der Waals surface area contributed by atoms with Crippen molar-refractivity contribution in [2.24, 2.45) is 0 Å². The van der Waals surface area contributed by atoms with Crippen molar-refractivity contribution in [3.8, 4) is 0 Å². The average Bonchev–Trinajstić information content (AvgIpc) is 2.69. The fraction of sp³-hybridized carbons (Fsp3) is 0.200. The first kappa shape index (κ1) is 12.9. The highest BCUT2D eigenvalue weighted by Gasteiger charge is 2.19. The van der Waals surface area contributed by atoms with Crippen molar-refractivity contribution in [2.75, 3.05) is 0 Å². The Hall–Kier alpha value is -2.08. The van der Waals surface area contributed by atoms with Gasteiger partial charge >= 0.3 is 0 Å². The Morgan fingerprint density at radius 3 is 2.85 bits per heavy atom. The van der Waals surface area contributed by atoms with Gasteiger partial charge in [-0.2, -0.15) is 0 Å². The van der Waals surface area contributed by atoms with Gasteiger partial charge in [-0.05, 0) is 40.8 Å². The van der Waals surface area contributed by atoms with Gasteiger partial charge < -0.3 is 0 Å². The SMILES string of the molecule is C.CC1=CC2C=CCc3cccc4ccc(c2c34)C=C1. The highest BCUT2D eigenvalue weighted by Crippen LogP contribution is 2.38. The van der Waals surface area contributed by atoms with Crippen LogP contribution in [0.1, 0.15) is 37.0 Å². The lowest BCUT2D eigenvalue weighted by Gasteiger charge is -2.15. The van der Waals surface area contributed by atoms with Crippen LogP contribution in [0, 0.1) is 0 Å². The zero-order valence-corrected chi connectivity index (χ0v) is 11.1. The van der Waals surface area contributed by atoms with Gasteiger partial charge in [0.1, 0.15) is 0 Å². The molecule has 2 aromatic rings. The lowest BCUT2D eigenvalue weighted by Crippen LogP contribution is -1.96. The van der Waals surface area contributed by atoms with E-state index in [1.807, 2.05) is 0 Å². The quantitative estimate of drug-likeness (QED) is 0.537. The van der Waals surface area contributed by atoms with Gasteiger partial charge in [0.15, 0.2) is 0 Å². The number of benzene rings is 2. The van der Waals surface area contributed by atoms with Crippen LogP contribution in [-0.4, -0.2) is 0 Å². The van der Waals surface area contributed by atoms with E-state index in [1.165, 1.54) is 33.0 Å². The summed E-state index contributed by atoms with van der Waals surface area (Å²) >= 11 is 0. The Kier molecular flexibility index (Phi) is 3.10. The van der Waals surface area contributed by atoms with E-state index in [1.54, 1.807) is 0 Å². The van der Waals surface area contributed by atoms with Gasteiger partial charge in [-0.15, -0.1) is 0 Å². The third-order valence-electron chi connectivity index (χ3n) is 4.19. The molecular weight excluding hydrogens is 240 g/mol. The highest BCUT2D eigenvalue weighted by molar-refractivity contribution is 5.93. The van der Waals surface area contributed by atoms with Gasteiger partial charge in [-0.3, -0.25) is 0 Å².